The molecular weight excluding hydrogens is 500 g/mol. The quantitative estimate of drug-likeness (QED) is 0.361. The Bertz CT molecular complexity index is 1280. The number of amides is 3. The summed E-state index contributed by atoms with van der Waals surface area (Å²) in [5, 5.41) is 9.38. The number of anilines is 2. The maximum absolute atomic E-state index is 13.9. The molecule has 0 spiro atoms. The van der Waals surface area contributed by atoms with Gasteiger partial charge in [0.1, 0.15) is 23.3 Å². The lowest BCUT2D eigenvalue weighted by Crippen LogP contribution is -2.49. The van der Waals surface area contributed by atoms with Crippen molar-refractivity contribution in [2.75, 3.05) is 23.9 Å². The Morgan fingerprint density at radius 3 is 2.33 bits per heavy atom. The van der Waals surface area contributed by atoms with Crippen molar-refractivity contribution < 1.29 is 28.4 Å². The first-order chi connectivity index (χ1) is 18.5. The SMILES string of the molecule is CCOc1ccccc1N(C(=O)CCC(=O)Nc1cc(C)on1)[C@@H](C(=O)NC(C)(C)C)c1ccc(OC)cc1. The van der Waals surface area contributed by atoms with Crippen LogP contribution in [-0.2, 0) is 14.4 Å². The fourth-order valence-electron chi connectivity index (χ4n) is 3.96. The van der Waals surface area contributed by atoms with Gasteiger partial charge in [-0.1, -0.05) is 29.4 Å². The maximum atomic E-state index is 13.9. The Balaban J connectivity index is 2.02. The molecule has 3 rings (SSSR count). The van der Waals surface area contributed by atoms with Crippen LogP contribution < -0.4 is 25.0 Å². The molecule has 0 saturated carbocycles. The molecule has 39 heavy (non-hydrogen) atoms. The molecule has 0 bridgehead atoms. The van der Waals surface area contributed by atoms with Gasteiger partial charge in [-0.15, -0.1) is 0 Å². The molecule has 10 heteroatoms. The van der Waals surface area contributed by atoms with Gasteiger partial charge in [0.15, 0.2) is 5.82 Å². The zero-order chi connectivity index (χ0) is 28.6. The zero-order valence-electron chi connectivity index (χ0n) is 23.2. The predicted molar refractivity (Wildman–Crippen MR) is 148 cm³/mol. The molecule has 0 aliphatic heterocycles. The monoisotopic (exact) mass is 536 g/mol. The van der Waals surface area contributed by atoms with Gasteiger partial charge >= 0.3 is 0 Å². The van der Waals surface area contributed by atoms with E-state index in [9.17, 15) is 14.4 Å². The largest absolute Gasteiger partial charge is 0.497 e. The molecule has 10 nitrogen and oxygen atoms in total. The number of ether oxygens (including phenoxy) is 2. The van der Waals surface area contributed by atoms with Crippen LogP contribution in [0.15, 0.2) is 59.1 Å². The zero-order valence-corrected chi connectivity index (χ0v) is 23.2. The van der Waals surface area contributed by atoms with Crippen LogP contribution in [0.1, 0.15) is 57.9 Å². The fraction of sp³-hybridized carbons (Fsp3) is 0.379. The van der Waals surface area contributed by atoms with Crippen LogP contribution in [-0.4, -0.2) is 42.1 Å². The van der Waals surface area contributed by atoms with Crippen LogP contribution >= 0.6 is 0 Å². The molecule has 0 unspecified atom stereocenters. The molecule has 0 aliphatic carbocycles. The second-order valence-electron chi connectivity index (χ2n) is 9.95. The minimum absolute atomic E-state index is 0.131. The van der Waals surface area contributed by atoms with Crippen LogP contribution in [0.2, 0.25) is 0 Å². The van der Waals surface area contributed by atoms with Crippen molar-refractivity contribution in [3.05, 3.63) is 65.9 Å². The Morgan fingerprint density at radius 2 is 1.74 bits per heavy atom. The summed E-state index contributed by atoms with van der Waals surface area (Å²) in [5.41, 5.74) is 0.424. The van der Waals surface area contributed by atoms with Crippen molar-refractivity contribution in [1.29, 1.82) is 0 Å². The molecular formula is C29H36N4O6. The number of hydrogen-bond donors (Lipinski definition) is 2. The van der Waals surface area contributed by atoms with Gasteiger partial charge in [0.05, 0.1) is 19.4 Å². The lowest BCUT2D eigenvalue weighted by atomic mass is 10.00. The minimum Gasteiger partial charge on any atom is -0.497 e. The molecule has 3 aromatic rings. The van der Waals surface area contributed by atoms with E-state index in [-0.39, 0.29) is 24.6 Å². The van der Waals surface area contributed by atoms with E-state index in [0.29, 0.717) is 35.1 Å². The van der Waals surface area contributed by atoms with E-state index in [0.717, 1.165) is 0 Å². The van der Waals surface area contributed by atoms with E-state index in [1.165, 1.54) is 4.90 Å². The second-order valence-corrected chi connectivity index (χ2v) is 9.95. The van der Waals surface area contributed by atoms with E-state index >= 15 is 0 Å². The van der Waals surface area contributed by atoms with E-state index < -0.39 is 23.4 Å². The third kappa shape index (κ3) is 8.07. The molecule has 0 saturated heterocycles. The highest BCUT2D eigenvalue weighted by molar-refractivity contribution is 6.04. The maximum Gasteiger partial charge on any atom is 0.248 e. The Labute approximate surface area is 228 Å². The summed E-state index contributed by atoms with van der Waals surface area (Å²) >= 11 is 0. The van der Waals surface area contributed by atoms with Crippen molar-refractivity contribution >= 4 is 29.2 Å². The summed E-state index contributed by atoms with van der Waals surface area (Å²) in [7, 11) is 1.55. The lowest BCUT2D eigenvalue weighted by Gasteiger charge is -2.34. The third-order valence-electron chi connectivity index (χ3n) is 5.59. The Morgan fingerprint density at radius 1 is 1.05 bits per heavy atom. The summed E-state index contributed by atoms with van der Waals surface area (Å²) in [6, 6.07) is 14.5. The van der Waals surface area contributed by atoms with Crippen molar-refractivity contribution in [3.63, 3.8) is 0 Å². The molecule has 3 amide bonds. The van der Waals surface area contributed by atoms with Gasteiger partial charge in [-0.25, -0.2) is 0 Å². The van der Waals surface area contributed by atoms with Gasteiger partial charge in [0.25, 0.3) is 0 Å². The molecule has 0 radical (unpaired) electrons. The van der Waals surface area contributed by atoms with Crippen molar-refractivity contribution in [3.8, 4) is 11.5 Å². The fourth-order valence-corrected chi connectivity index (χ4v) is 3.96. The number of carbonyl (C=O) groups excluding carboxylic acids is 3. The third-order valence-corrected chi connectivity index (χ3v) is 5.59. The van der Waals surface area contributed by atoms with Gasteiger partial charge < -0.3 is 24.6 Å². The smallest absolute Gasteiger partial charge is 0.248 e. The number of para-hydroxylation sites is 2. The predicted octanol–water partition coefficient (Wildman–Crippen LogP) is 4.80. The number of benzene rings is 2. The van der Waals surface area contributed by atoms with E-state index in [1.54, 1.807) is 68.6 Å². The average molecular weight is 537 g/mol. The number of hydrogen-bond acceptors (Lipinski definition) is 7. The number of aromatic nitrogens is 1. The number of methoxy groups -OCH3 is 1. The summed E-state index contributed by atoms with van der Waals surface area (Å²) < 4.78 is 16.1. The van der Waals surface area contributed by atoms with Gasteiger partial charge in [-0.3, -0.25) is 19.3 Å². The first kappa shape index (κ1) is 29.2. The van der Waals surface area contributed by atoms with Gasteiger partial charge in [0.2, 0.25) is 17.7 Å². The molecule has 0 fully saturated rings. The van der Waals surface area contributed by atoms with Crippen molar-refractivity contribution in [1.82, 2.24) is 10.5 Å². The number of carbonyl (C=O) groups is 3. The number of nitrogens with zero attached hydrogens (tertiary/aromatic N) is 2. The van der Waals surface area contributed by atoms with Crippen LogP contribution in [0.3, 0.4) is 0 Å². The number of nitrogens with one attached hydrogen (secondary N) is 2. The molecule has 1 heterocycles. The standard InChI is InChI=1S/C29H36N4O6/c1-7-38-23-11-9-8-10-22(23)33(26(35)17-16-25(34)30-24-18-19(2)39-32-24)27(28(36)31-29(3,4)5)20-12-14-21(37-6)15-13-20/h8-15,18,27H,7,16-17H2,1-6H3,(H,31,36)(H,30,32,34)/t27-/m1/s1. The summed E-state index contributed by atoms with van der Waals surface area (Å²) in [6.07, 6.45) is -0.299. The van der Waals surface area contributed by atoms with E-state index in [2.05, 4.69) is 15.8 Å². The number of aryl methyl sites for hydroxylation is 1. The summed E-state index contributed by atoms with van der Waals surface area (Å²) in [4.78, 5) is 41.7. The van der Waals surface area contributed by atoms with Crippen LogP contribution in [0.5, 0.6) is 11.5 Å². The summed E-state index contributed by atoms with van der Waals surface area (Å²) in [6.45, 7) is 9.51. The molecule has 2 N–H and O–H groups in total. The number of rotatable bonds is 11. The lowest BCUT2D eigenvalue weighted by molar-refractivity contribution is -0.128. The molecule has 1 atom stereocenters. The molecule has 0 aliphatic rings. The first-order valence-corrected chi connectivity index (χ1v) is 12.8. The van der Waals surface area contributed by atoms with Crippen LogP contribution in [0.4, 0.5) is 11.5 Å². The van der Waals surface area contributed by atoms with E-state index in [4.69, 9.17) is 14.0 Å². The van der Waals surface area contributed by atoms with Crippen LogP contribution in [0, 0.1) is 6.92 Å². The van der Waals surface area contributed by atoms with E-state index in [1.807, 2.05) is 27.7 Å². The van der Waals surface area contributed by atoms with Gasteiger partial charge in [0, 0.05) is 24.4 Å². The normalized spacial score (nSPS) is 11.8. The van der Waals surface area contributed by atoms with Gasteiger partial charge in [-0.2, -0.15) is 0 Å². The highest BCUT2D eigenvalue weighted by atomic mass is 16.5. The average Bonchev–Trinajstić information content (AvgIpc) is 3.29. The topological polar surface area (TPSA) is 123 Å². The van der Waals surface area contributed by atoms with Crippen LogP contribution in [0.25, 0.3) is 0 Å². The summed E-state index contributed by atoms with van der Waals surface area (Å²) in [5.74, 6) is 0.652. The van der Waals surface area contributed by atoms with Gasteiger partial charge in [-0.05, 0) is 64.4 Å². The van der Waals surface area contributed by atoms with Crippen molar-refractivity contribution in [2.45, 2.75) is 59.0 Å². The molecule has 208 valence electrons. The first-order valence-electron chi connectivity index (χ1n) is 12.8. The minimum atomic E-state index is -1.05. The highest BCUT2D eigenvalue weighted by Gasteiger charge is 2.36. The Kier molecular flexibility index (Phi) is 9.70. The van der Waals surface area contributed by atoms with Crippen molar-refractivity contribution in [2.24, 2.45) is 0 Å². The molecule has 2 aromatic carbocycles. The Hall–Kier alpha value is -4.34. The second kappa shape index (κ2) is 12.9. The molecule has 1 aromatic heterocycles. The highest BCUT2D eigenvalue weighted by Crippen LogP contribution is 2.36.